The molecular weight excluding hydrogens is 218 g/mol. The molecule has 1 aromatic heterocycles. The minimum Gasteiger partial charge on any atom is -0.345 e. The van der Waals surface area contributed by atoms with Gasteiger partial charge in [-0.25, -0.2) is 0 Å². The molecule has 1 heterocycles. The number of hydrogen-bond donors (Lipinski definition) is 2. The summed E-state index contributed by atoms with van der Waals surface area (Å²) in [5.74, 6) is -0.130. The molecule has 6 heteroatoms. The molecule has 2 rings (SSSR count). The van der Waals surface area contributed by atoms with Gasteiger partial charge in [0, 0.05) is 12.1 Å². The van der Waals surface area contributed by atoms with Gasteiger partial charge in [0.2, 0.25) is 0 Å². The smallest absolute Gasteiger partial charge is 0.273 e. The van der Waals surface area contributed by atoms with Crippen molar-refractivity contribution in [2.24, 2.45) is 5.73 Å². The molecule has 1 saturated carbocycles. The third kappa shape index (κ3) is 2.46. The van der Waals surface area contributed by atoms with Crippen molar-refractivity contribution >= 4 is 5.91 Å². The van der Waals surface area contributed by atoms with E-state index in [1.807, 2.05) is 0 Å². The normalized spacial score (nSPS) is 17.5. The van der Waals surface area contributed by atoms with Crippen molar-refractivity contribution in [2.75, 3.05) is 6.54 Å². The molecule has 1 fully saturated rings. The molecule has 0 spiro atoms. The lowest BCUT2D eigenvalue weighted by Crippen LogP contribution is -2.53. The highest BCUT2D eigenvalue weighted by atomic mass is 16.2. The Hall–Kier alpha value is -1.43. The zero-order valence-electron chi connectivity index (χ0n) is 10.1. The van der Waals surface area contributed by atoms with Crippen molar-refractivity contribution < 1.29 is 4.79 Å². The molecule has 3 N–H and O–H groups in total. The summed E-state index contributed by atoms with van der Waals surface area (Å²) in [7, 11) is 0. The van der Waals surface area contributed by atoms with Crippen molar-refractivity contribution in [2.45, 2.75) is 44.7 Å². The highest BCUT2D eigenvalue weighted by Crippen LogP contribution is 2.34. The van der Waals surface area contributed by atoms with E-state index < -0.39 is 0 Å². The monoisotopic (exact) mass is 237 g/mol. The van der Waals surface area contributed by atoms with Crippen LogP contribution in [0.15, 0.2) is 6.20 Å². The number of nitrogens with one attached hydrogen (secondary N) is 1. The molecule has 0 atom stereocenters. The maximum Gasteiger partial charge on any atom is 0.273 e. The molecule has 0 saturated heterocycles. The van der Waals surface area contributed by atoms with Crippen LogP contribution >= 0.6 is 0 Å². The van der Waals surface area contributed by atoms with Crippen LogP contribution in [0.2, 0.25) is 0 Å². The summed E-state index contributed by atoms with van der Waals surface area (Å²) in [6.45, 7) is 3.17. The van der Waals surface area contributed by atoms with Crippen LogP contribution in [0.3, 0.4) is 0 Å². The largest absolute Gasteiger partial charge is 0.345 e. The van der Waals surface area contributed by atoms with Gasteiger partial charge in [0.1, 0.15) is 0 Å². The number of carbonyl (C=O) groups is 1. The Morgan fingerprint density at radius 1 is 1.65 bits per heavy atom. The highest BCUT2D eigenvalue weighted by Gasteiger charge is 2.37. The topological polar surface area (TPSA) is 85.8 Å². The number of nitrogens with zero attached hydrogens (tertiary/aromatic N) is 3. The third-order valence-electron chi connectivity index (χ3n) is 3.50. The van der Waals surface area contributed by atoms with Crippen LogP contribution < -0.4 is 11.1 Å². The lowest BCUT2D eigenvalue weighted by Gasteiger charge is -2.41. The van der Waals surface area contributed by atoms with Gasteiger partial charge in [-0.05, 0) is 25.7 Å². The van der Waals surface area contributed by atoms with E-state index in [1.54, 1.807) is 10.9 Å². The van der Waals surface area contributed by atoms with Crippen LogP contribution in [0, 0.1) is 0 Å². The molecule has 1 aliphatic rings. The summed E-state index contributed by atoms with van der Waals surface area (Å²) in [6.07, 6.45) is 5.92. The number of hydrogen-bond acceptors (Lipinski definition) is 4. The summed E-state index contributed by atoms with van der Waals surface area (Å²) < 4.78 is 1.59. The fourth-order valence-electron chi connectivity index (χ4n) is 2.12. The Balaban J connectivity index is 1.99. The van der Waals surface area contributed by atoms with E-state index in [9.17, 15) is 4.79 Å². The van der Waals surface area contributed by atoms with E-state index in [-0.39, 0.29) is 11.4 Å². The number of nitrogens with two attached hydrogens (primary N) is 1. The Labute approximate surface area is 101 Å². The van der Waals surface area contributed by atoms with Crippen molar-refractivity contribution in [3.63, 3.8) is 0 Å². The zero-order chi connectivity index (χ0) is 12.3. The van der Waals surface area contributed by atoms with E-state index >= 15 is 0 Å². The van der Waals surface area contributed by atoms with Gasteiger partial charge in [-0.1, -0.05) is 12.1 Å². The summed E-state index contributed by atoms with van der Waals surface area (Å²) in [4.78, 5) is 12.0. The first-order chi connectivity index (χ1) is 8.19. The van der Waals surface area contributed by atoms with Gasteiger partial charge >= 0.3 is 0 Å². The zero-order valence-corrected chi connectivity index (χ0v) is 10.1. The lowest BCUT2D eigenvalue weighted by molar-refractivity contribution is 0.0815. The van der Waals surface area contributed by atoms with Gasteiger partial charge in [-0.15, -0.1) is 5.10 Å². The van der Waals surface area contributed by atoms with E-state index in [0.29, 0.717) is 18.8 Å². The molecule has 0 radical (unpaired) electrons. The minimum atomic E-state index is -0.130. The molecule has 1 amide bonds. The predicted molar refractivity (Wildman–Crippen MR) is 63.4 cm³/mol. The first-order valence-corrected chi connectivity index (χ1v) is 6.12. The molecule has 1 aliphatic carbocycles. The van der Waals surface area contributed by atoms with Gasteiger partial charge in [0.15, 0.2) is 5.69 Å². The quantitative estimate of drug-likeness (QED) is 0.771. The fraction of sp³-hybridized carbons (Fsp3) is 0.727. The molecule has 0 unspecified atom stereocenters. The molecule has 6 nitrogen and oxygen atoms in total. The average Bonchev–Trinajstić information content (AvgIpc) is 2.72. The first-order valence-electron chi connectivity index (χ1n) is 6.12. The van der Waals surface area contributed by atoms with Gasteiger partial charge in [-0.3, -0.25) is 9.48 Å². The van der Waals surface area contributed by atoms with Crippen LogP contribution in [0.25, 0.3) is 0 Å². The molecule has 94 valence electrons. The Morgan fingerprint density at radius 3 is 2.94 bits per heavy atom. The highest BCUT2D eigenvalue weighted by molar-refractivity contribution is 5.92. The lowest BCUT2D eigenvalue weighted by atomic mass is 9.75. The summed E-state index contributed by atoms with van der Waals surface area (Å²) in [6, 6.07) is 0. The maximum absolute atomic E-state index is 12.0. The van der Waals surface area contributed by atoms with E-state index in [4.69, 9.17) is 5.73 Å². The number of amides is 1. The average molecular weight is 237 g/mol. The molecule has 17 heavy (non-hydrogen) atoms. The van der Waals surface area contributed by atoms with E-state index in [0.717, 1.165) is 19.3 Å². The predicted octanol–water partition coefficient (Wildman–Crippen LogP) is 0.299. The summed E-state index contributed by atoms with van der Waals surface area (Å²) in [5, 5.41) is 10.8. The second-order valence-electron chi connectivity index (χ2n) is 4.60. The second-order valence-corrected chi connectivity index (χ2v) is 4.60. The summed E-state index contributed by atoms with van der Waals surface area (Å²) >= 11 is 0. The fourth-order valence-corrected chi connectivity index (χ4v) is 2.12. The Kier molecular flexibility index (Phi) is 3.42. The Morgan fingerprint density at radius 2 is 2.41 bits per heavy atom. The maximum atomic E-state index is 12.0. The number of rotatable bonds is 5. The van der Waals surface area contributed by atoms with Crippen molar-refractivity contribution in [3.05, 3.63) is 11.9 Å². The summed E-state index contributed by atoms with van der Waals surface area (Å²) in [5.41, 5.74) is 5.78. The van der Waals surface area contributed by atoms with Crippen molar-refractivity contribution in [3.8, 4) is 0 Å². The van der Waals surface area contributed by atoms with Gasteiger partial charge < -0.3 is 11.1 Å². The molecule has 1 aromatic rings. The van der Waals surface area contributed by atoms with Crippen molar-refractivity contribution in [1.82, 2.24) is 20.3 Å². The van der Waals surface area contributed by atoms with Crippen LogP contribution in [0.4, 0.5) is 0 Å². The molecular formula is C11H19N5O. The first kappa shape index (κ1) is 12.0. The molecule has 0 bridgehead atoms. The van der Waals surface area contributed by atoms with Gasteiger partial charge in [0.05, 0.1) is 12.7 Å². The van der Waals surface area contributed by atoms with E-state index in [2.05, 4.69) is 22.6 Å². The molecule has 0 aliphatic heterocycles. The number of aromatic nitrogens is 3. The Bertz CT molecular complexity index is 391. The SMILES string of the molecule is CCC1(NC(=O)c2cn(CCN)nn2)CCC1. The molecule has 0 aromatic carbocycles. The van der Waals surface area contributed by atoms with Crippen LogP contribution in [-0.4, -0.2) is 33.0 Å². The van der Waals surface area contributed by atoms with Crippen LogP contribution in [-0.2, 0) is 6.54 Å². The third-order valence-corrected chi connectivity index (χ3v) is 3.50. The second kappa shape index (κ2) is 4.83. The van der Waals surface area contributed by atoms with Gasteiger partial charge in [0.25, 0.3) is 5.91 Å². The van der Waals surface area contributed by atoms with E-state index in [1.165, 1.54) is 6.42 Å². The standard InChI is InChI=1S/C11H19N5O/c1-2-11(4-3-5-11)13-10(17)9-8-16(7-6-12)15-14-9/h8H,2-7,12H2,1H3,(H,13,17). The minimum absolute atomic E-state index is 0.00523. The van der Waals surface area contributed by atoms with Crippen LogP contribution in [0.5, 0.6) is 0 Å². The van der Waals surface area contributed by atoms with Crippen molar-refractivity contribution in [1.29, 1.82) is 0 Å². The van der Waals surface area contributed by atoms with Gasteiger partial charge in [-0.2, -0.15) is 0 Å². The number of carbonyl (C=O) groups excluding carboxylic acids is 1. The van der Waals surface area contributed by atoms with Crippen LogP contribution in [0.1, 0.15) is 43.1 Å².